The third-order valence-corrected chi connectivity index (χ3v) is 4.33. The van der Waals surface area contributed by atoms with Gasteiger partial charge in [0, 0.05) is 6.54 Å². The van der Waals surface area contributed by atoms with Gasteiger partial charge in [0.25, 0.3) is 5.91 Å². The fourth-order valence-corrected chi connectivity index (χ4v) is 2.87. The van der Waals surface area contributed by atoms with Crippen molar-refractivity contribution < 1.29 is 14.6 Å². The van der Waals surface area contributed by atoms with Crippen LogP contribution in [-0.4, -0.2) is 24.2 Å². The van der Waals surface area contributed by atoms with Crippen LogP contribution in [0.3, 0.4) is 0 Å². The molecule has 122 valence electrons. The molecular weight excluding hydrogens is 278 g/mol. The Labute approximate surface area is 132 Å². The summed E-state index contributed by atoms with van der Waals surface area (Å²) in [5.74, 6) is 1.22. The van der Waals surface area contributed by atoms with Gasteiger partial charge in [0.15, 0.2) is 6.61 Å². The largest absolute Gasteiger partial charge is 0.484 e. The summed E-state index contributed by atoms with van der Waals surface area (Å²) in [6.07, 6.45) is 6.60. The fraction of sp³-hybridized carbons (Fsp3) is 0.611. The van der Waals surface area contributed by atoms with Crippen LogP contribution in [0.2, 0.25) is 0 Å². The summed E-state index contributed by atoms with van der Waals surface area (Å²) in [6, 6.07) is 7.26. The van der Waals surface area contributed by atoms with Gasteiger partial charge in [0.05, 0.1) is 6.10 Å². The van der Waals surface area contributed by atoms with Gasteiger partial charge >= 0.3 is 0 Å². The van der Waals surface area contributed by atoms with Crippen molar-refractivity contribution in [1.82, 2.24) is 5.32 Å². The standard InChI is InChI=1S/C18H27NO3/c1-2-17(20)15-8-10-16(11-9-15)22-13-18(21)19-12-14-6-4-3-5-7-14/h8-11,14,17,20H,2-7,12-13H2,1H3,(H,19,21). The zero-order valence-corrected chi connectivity index (χ0v) is 13.4. The van der Waals surface area contributed by atoms with Crippen LogP contribution in [0, 0.1) is 5.92 Å². The SMILES string of the molecule is CCC(O)c1ccc(OCC(=O)NCC2CCCCC2)cc1. The van der Waals surface area contributed by atoms with Gasteiger partial charge in [0.2, 0.25) is 0 Å². The summed E-state index contributed by atoms with van der Waals surface area (Å²) >= 11 is 0. The highest BCUT2D eigenvalue weighted by Gasteiger charge is 2.14. The van der Waals surface area contributed by atoms with Crippen LogP contribution in [0.4, 0.5) is 0 Å². The molecule has 1 atom stereocenters. The van der Waals surface area contributed by atoms with E-state index in [2.05, 4.69) is 5.32 Å². The summed E-state index contributed by atoms with van der Waals surface area (Å²) < 4.78 is 5.48. The van der Waals surface area contributed by atoms with E-state index in [0.717, 1.165) is 12.1 Å². The zero-order chi connectivity index (χ0) is 15.8. The molecule has 1 saturated carbocycles. The molecule has 0 aromatic heterocycles. The number of aliphatic hydroxyl groups excluding tert-OH is 1. The van der Waals surface area contributed by atoms with Crippen molar-refractivity contribution in [2.24, 2.45) is 5.92 Å². The maximum atomic E-state index is 11.8. The maximum absolute atomic E-state index is 11.8. The predicted octanol–water partition coefficient (Wildman–Crippen LogP) is 3.21. The Hall–Kier alpha value is -1.55. The van der Waals surface area contributed by atoms with Crippen molar-refractivity contribution in [3.63, 3.8) is 0 Å². The lowest BCUT2D eigenvalue weighted by Crippen LogP contribution is -2.33. The second-order valence-electron chi connectivity index (χ2n) is 6.09. The van der Waals surface area contributed by atoms with Crippen LogP contribution in [0.15, 0.2) is 24.3 Å². The number of benzene rings is 1. The number of carbonyl (C=O) groups is 1. The number of nitrogens with one attached hydrogen (secondary N) is 1. The summed E-state index contributed by atoms with van der Waals surface area (Å²) in [7, 11) is 0. The van der Waals surface area contributed by atoms with E-state index in [-0.39, 0.29) is 12.5 Å². The van der Waals surface area contributed by atoms with Gasteiger partial charge in [-0.05, 0) is 42.9 Å². The van der Waals surface area contributed by atoms with Crippen LogP contribution in [0.1, 0.15) is 57.1 Å². The summed E-state index contributed by atoms with van der Waals surface area (Å²) in [5.41, 5.74) is 0.872. The van der Waals surface area contributed by atoms with Crippen molar-refractivity contribution in [3.8, 4) is 5.75 Å². The molecule has 0 aliphatic heterocycles. The Morgan fingerprint density at radius 2 is 1.95 bits per heavy atom. The molecule has 1 aromatic carbocycles. The van der Waals surface area contributed by atoms with Crippen LogP contribution < -0.4 is 10.1 Å². The van der Waals surface area contributed by atoms with E-state index in [1.165, 1.54) is 32.1 Å². The minimum Gasteiger partial charge on any atom is -0.484 e. The number of hydrogen-bond donors (Lipinski definition) is 2. The molecule has 1 unspecified atom stereocenters. The van der Waals surface area contributed by atoms with E-state index >= 15 is 0 Å². The Bertz CT molecular complexity index is 452. The lowest BCUT2D eigenvalue weighted by molar-refractivity contribution is -0.123. The van der Waals surface area contributed by atoms with E-state index in [1.54, 1.807) is 12.1 Å². The molecule has 2 rings (SSSR count). The Kier molecular flexibility index (Phi) is 6.72. The van der Waals surface area contributed by atoms with Crippen LogP contribution in [0.25, 0.3) is 0 Å². The summed E-state index contributed by atoms with van der Waals surface area (Å²) in [6.45, 7) is 2.75. The Morgan fingerprint density at radius 1 is 1.27 bits per heavy atom. The molecule has 0 bridgehead atoms. The van der Waals surface area contributed by atoms with Gasteiger partial charge in [-0.2, -0.15) is 0 Å². The summed E-state index contributed by atoms with van der Waals surface area (Å²) in [5, 5.41) is 12.7. The highest BCUT2D eigenvalue weighted by Crippen LogP contribution is 2.23. The first-order valence-corrected chi connectivity index (χ1v) is 8.36. The fourth-order valence-electron chi connectivity index (χ4n) is 2.87. The van der Waals surface area contributed by atoms with Gasteiger partial charge in [-0.15, -0.1) is 0 Å². The van der Waals surface area contributed by atoms with Crippen LogP contribution in [-0.2, 0) is 4.79 Å². The van der Waals surface area contributed by atoms with Crippen LogP contribution in [0.5, 0.6) is 5.75 Å². The average molecular weight is 305 g/mol. The van der Waals surface area contributed by atoms with Crippen molar-refractivity contribution >= 4 is 5.91 Å². The molecule has 1 aromatic rings. The lowest BCUT2D eigenvalue weighted by atomic mass is 9.89. The van der Waals surface area contributed by atoms with E-state index in [1.807, 2.05) is 19.1 Å². The molecule has 0 spiro atoms. The molecule has 0 heterocycles. The van der Waals surface area contributed by atoms with Crippen molar-refractivity contribution in [3.05, 3.63) is 29.8 Å². The van der Waals surface area contributed by atoms with E-state index < -0.39 is 6.10 Å². The molecule has 4 heteroatoms. The number of carbonyl (C=O) groups excluding carboxylic acids is 1. The number of rotatable bonds is 7. The summed E-state index contributed by atoms with van der Waals surface area (Å²) in [4.78, 5) is 11.8. The lowest BCUT2D eigenvalue weighted by Gasteiger charge is -2.21. The topological polar surface area (TPSA) is 58.6 Å². The van der Waals surface area contributed by atoms with Crippen molar-refractivity contribution in [2.75, 3.05) is 13.2 Å². The second kappa shape index (κ2) is 8.79. The van der Waals surface area contributed by atoms with Gasteiger partial charge in [-0.1, -0.05) is 38.3 Å². The normalized spacial score (nSPS) is 17.0. The smallest absolute Gasteiger partial charge is 0.257 e. The number of aliphatic hydroxyl groups is 1. The van der Waals surface area contributed by atoms with E-state index in [0.29, 0.717) is 18.1 Å². The first-order chi connectivity index (χ1) is 10.7. The highest BCUT2D eigenvalue weighted by atomic mass is 16.5. The van der Waals surface area contributed by atoms with Gasteiger partial charge in [-0.3, -0.25) is 4.79 Å². The van der Waals surface area contributed by atoms with Crippen molar-refractivity contribution in [2.45, 2.75) is 51.6 Å². The predicted molar refractivity (Wildman–Crippen MR) is 86.8 cm³/mol. The molecule has 1 aliphatic rings. The number of ether oxygens (including phenoxy) is 1. The maximum Gasteiger partial charge on any atom is 0.257 e. The highest BCUT2D eigenvalue weighted by molar-refractivity contribution is 5.77. The second-order valence-corrected chi connectivity index (χ2v) is 6.09. The molecule has 1 fully saturated rings. The molecule has 1 aliphatic carbocycles. The average Bonchev–Trinajstić information content (AvgIpc) is 2.58. The Balaban J connectivity index is 1.69. The first kappa shape index (κ1) is 16.8. The minimum absolute atomic E-state index is 0.0440. The minimum atomic E-state index is -0.437. The van der Waals surface area contributed by atoms with E-state index in [4.69, 9.17) is 4.74 Å². The third kappa shape index (κ3) is 5.34. The van der Waals surface area contributed by atoms with Gasteiger partial charge < -0.3 is 15.2 Å². The third-order valence-electron chi connectivity index (χ3n) is 4.33. The molecule has 0 radical (unpaired) electrons. The quantitative estimate of drug-likeness (QED) is 0.813. The molecule has 2 N–H and O–H groups in total. The molecule has 1 amide bonds. The molecule has 22 heavy (non-hydrogen) atoms. The molecular formula is C18H27NO3. The van der Waals surface area contributed by atoms with Crippen molar-refractivity contribution in [1.29, 1.82) is 0 Å². The van der Waals surface area contributed by atoms with Crippen LogP contribution >= 0.6 is 0 Å². The van der Waals surface area contributed by atoms with Gasteiger partial charge in [0.1, 0.15) is 5.75 Å². The Morgan fingerprint density at radius 3 is 2.59 bits per heavy atom. The molecule has 4 nitrogen and oxygen atoms in total. The number of amides is 1. The first-order valence-electron chi connectivity index (χ1n) is 8.36. The zero-order valence-electron chi connectivity index (χ0n) is 13.4. The van der Waals surface area contributed by atoms with E-state index in [9.17, 15) is 9.90 Å². The number of hydrogen-bond acceptors (Lipinski definition) is 3. The monoisotopic (exact) mass is 305 g/mol. The van der Waals surface area contributed by atoms with Gasteiger partial charge in [-0.25, -0.2) is 0 Å². The molecule has 0 saturated heterocycles.